The number of anilines is 1. The first-order valence-corrected chi connectivity index (χ1v) is 14.1. The van der Waals surface area contributed by atoms with Gasteiger partial charge in [0.1, 0.15) is 0 Å². The summed E-state index contributed by atoms with van der Waals surface area (Å²) in [5, 5.41) is 14.9. The molecule has 2 aromatic carbocycles. The zero-order valence-corrected chi connectivity index (χ0v) is 22.3. The second kappa shape index (κ2) is 9.47. The monoisotopic (exact) mass is 540 g/mol. The summed E-state index contributed by atoms with van der Waals surface area (Å²) >= 11 is 0. The van der Waals surface area contributed by atoms with Crippen LogP contribution in [0.25, 0.3) is 10.8 Å². The number of carbonyl (C=O) groups excluding carboxylic acids is 3. The summed E-state index contributed by atoms with van der Waals surface area (Å²) in [4.78, 5) is 46.0. The van der Waals surface area contributed by atoms with Crippen molar-refractivity contribution in [3.05, 3.63) is 71.0 Å². The Labute approximate surface area is 232 Å². The third kappa shape index (κ3) is 4.11. The van der Waals surface area contributed by atoms with Crippen LogP contribution in [-0.4, -0.2) is 63.7 Å². The molecule has 7 rings (SSSR count). The van der Waals surface area contributed by atoms with Crippen LogP contribution in [0, 0.1) is 0 Å². The van der Waals surface area contributed by atoms with Crippen LogP contribution < -0.4 is 10.2 Å². The number of hydrogen-bond donors (Lipinski definition) is 2. The summed E-state index contributed by atoms with van der Waals surface area (Å²) in [6.45, 7) is 3.96. The molecular weight excluding hydrogens is 508 g/mol. The minimum absolute atomic E-state index is 0.0556. The van der Waals surface area contributed by atoms with E-state index in [1.54, 1.807) is 18.3 Å². The van der Waals surface area contributed by atoms with Crippen molar-refractivity contribution in [3.8, 4) is 0 Å². The SMILES string of the molecule is O=C1CCC(O)(N2C(=O)c3cccc4c(Cc5ccc(CN6CCC7(CCCO7)CC6)cc5)ncc2c34)C(=O)N1. The number of amides is 3. The first-order chi connectivity index (χ1) is 19.4. The lowest BCUT2D eigenvalue weighted by Crippen LogP contribution is -2.64. The zero-order chi connectivity index (χ0) is 27.5. The van der Waals surface area contributed by atoms with Crippen LogP contribution in [0.3, 0.4) is 0 Å². The van der Waals surface area contributed by atoms with Gasteiger partial charge in [-0.15, -0.1) is 0 Å². The summed E-state index contributed by atoms with van der Waals surface area (Å²) < 4.78 is 6.06. The van der Waals surface area contributed by atoms with Crippen LogP contribution in [0.15, 0.2) is 48.7 Å². The van der Waals surface area contributed by atoms with E-state index in [4.69, 9.17) is 4.74 Å². The van der Waals surface area contributed by atoms with Crippen LogP contribution >= 0.6 is 0 Å². The number of likely N-dealkylation sites (tertiary alicyclic amines) is 1. The van der Waals surface area contributed by atoms with Crippen molar-refractivity contribution in [2.24, 2.45) is 0 Å². The van der Waals surface area contributed by atoms with Crippen molar-refractivity contribution < 1.29 is 24.2 Å². The Morgan fingerprint density at radius 1 is 0.975 bits per heavy atom. The van der Waals surface area contributed by atoms with Gasteiger partial charge in [-0.2, -0.15) is 0 Å². The maximum Gasteiger partial charge on any atom is 0.280 e. The maximum atomic E-state index is 13.4. The van der Waals surface area contributed by atoms with Crippen LogP contribution in [0.1, 0.15) is 65.7 Å². The number of aromatic nitrogens is 1. The smallest absolute Gasteiger partial charge is 0.280 e. The molecule has 1 spiro atoms. The normalized spacial score (nSPS) is 24.3. The largest absolute Gasteiger partial charge is 0.375 e. The summed E-state index contributed by atoms with van der Waals surface area (Å²) in [6, 6.07) is 14.0. The van der Waals surface area contributed by atoms with Gasteiger partial charge in [-0.1, -0.05) is 36.4 Å². The molecule has 3 saturated heterocycles. The van der Waals surface area contributed by atoms with E-state index in [0.717, 1.165) is 60.6 Å². The summed E-state index contributed by atoms with van der Waals surface area (Å²) in [7, 11) is 0. The minimum Gasteiger partial charge on any atom is -0.375 e. The second-order valence-corrected chi connectivity index (χ2v) is 11.6. The molecule has 0 radical (unpaired) electrons. The lowest BCUT2D eigenvalue weighted by atomic mass is 9.88. The van der Waals surface area contributed by atoms with Gasteiger partial charge < -0.3 is 9.84 Å². The van der Waals surface area contributed by atoms with Gasteiger partial charge in [0.05, 0.1) is 28.7 Å². The van der Waals surface area contributed by atoms with Crippen molar-refractivity contribution in [2.45, 2.75) is 62.8 Å². The zero-order valence-electron chi connectivity index (χ0n) is 22.3. The Balaban J connectivity index is 1.10. The predicted molar refractivity (Wildman–Crippen MR) is 148 cm³/mol. The molecule has 3 aromatic rings. The summed E-state index contributed by atoms with van der Waals surface area (Å²) in [5.41, 5.74) is 1.99. The number of imide groups is 1. The molecule has 1 aromatic heterocycles. The van der Waals surface area contributed by atoms with E-state index in [0.29, 0.717) is 23.1 Å². The highest BCUT2D eigenvalue weighted by atomic mass is 16.5. The van der Waals surface area contributed by atoms with E-state index in [2.05, 4.69) is 39.5 Å². The highest BCUT2D eigenvalue weighted by Gasteiger charge is 2.52. The molecule has 40 heavy (non-hydrogen) atoms. The number of carbonyl (C=O) groups is 3. The molecule has 4 aliphatic heterocycles. The molecule has 1 atom stereocenters. The lowest BCUT2D eigenvalue weighted by Gasteiger charge is -2.38. The molecule has 206 valence electrons. The first kappa shape index (κ1) is 25.3. The number of ether oxygens (including phenoxy) is 1. The summed E-state index contributed by atoms with van der Waals surface area (Å²) in [5.74, 6) is -1.83. The Morgan fingerprint density at radius 3 is 2.48 bits per heavy atom. The number of hydrogen-bond acceptors (Lipinski definition) is 7. The Hall–Kier alpha value is -3.66. The van der Waals surface area contributed by atoms with Gasteiger partial charge in [0.25, 0.3) is 11.8 Å². The van der Waals surface area contributed by atoms with Crippen molar-refractivity contribution in [2.75, 3.05) is 24.6 Å². The predicted octanol–water partition coefficient (Wildman–Crippen LogP) is 3.06. The molecule has 0 saturated carbocycles. The Bertz CT molecular complexity index is 1520. The van der Waals surface area contributed by atoms with Crippen LogP contribution in [0.4, 0.5) is 5.69 Å². The summed E-state index contributed by atoms with van der Waals surface area (Å²) in [6.07, 6.45) is 6.52. The Kier molecular flexibility index (Phi) is 5.99. The second-order valence-electron chi connectivity index (χ2n) is 11.6. The topological polar surface area (TPSA) is 112 Å². The first-order valence-electron chi connectivity index (χ1n) is 14.1. The van der Waals surface area contributed by atoms with Gasteiger partial charge in [-0.3, -0.25) is 34.5 Å². The molecule has 1 unspecified atom stereocenters. The van der Waals surface area contributed by atoms with E-state index in [-0.39, 0.29) is 18.4 Å². The quantitative estimate of drug-likeness (QED) is 0.479. The highest BCUT2D eigenvalue weighted by molar-refractivity contribution is 6.27. The van der Waals surface area contributed by atoms with Gasteiger partial charge in [-0.05, 0) is 42.9 Å². The fourth-order valence-corrected chi connectivity index (χ4v) is 6.81. The fourth-order valence-electron chi connectivity index (χ4n) is 6.81. The molecule has 0 bridgehead atoms. The number of nitrogens with zero attached hydrogens (tertiary/aromatic N) is 3. The standard InChI is InChI=1S/C31H32N4O5/c36-26-9-11-31(39,29(38)33-26)35-25-18-32-24(22-3-1-4-23(27(22)25)28(35)37)17-20-5-7-21(8-6-20)19-34-14-12-30(13-15-34)10-2-16-40-30/h1,3-8,18,39H,2,9-17,19H2,(H,33,36,38). The van der Waals surface area contributed by atoms with E-state index in [1.807, 2.05) is 6.07 Å². The van der Waals surface area contributed by atoms with Crippen molar-refractivity contribution >= 4 is 34.2 Å². The number of aliphatic hydroxyl groups is 1. The van der Waals surface area contributed by atoms with E-state index in [9.17, 15) is 19.5 Å². The average Bonchev–Trinajstić information content (AvgIpc) is 3.54. The van der Waals surface area contributed by atoms with Gasteiger partial charge in [0.2, 0.25) is 11.6 Å². The average molecular weight is 541 g/mol. The van der Waals surface area contributed by atoms with Crippen LogP contribution in [0.5, 0.6) is 0 Å². The molecule has 3 amide bonds. The van der Waals surface area contributed by atoms with Gasteiger partial charge in [0, 0.05) is 56.3 Å². The maximum absolute atomic E-state index is 13.4. The number of benzene rings is 2. The molecule has 0 aliphatic carbocycles. The van der Waals surface area contributed by atoms with E-state index < -0.39 is 23.4 Å². The van der Waals surface area contributed by atoms with E-state index >= 15 is 0 Å². The molecule has 9 heteroatoms. The van der Waals surface area contributed by atoms with Crippen molar-refractivity contribution in [3.63, 3.8) is 0 Å². The minimum atomic E-state index is -2.14. The number of rotatable bonds is 5. The third-order valence-electron chi connectivity index (χ3n) is 9.09. The van der Waals surface area contributed by atoms with Gasteiger partial charge in [0.15, 0.2) is 0 Å². The molecule has 9 nitrogen and oxygen atoms in total. The van der Waals surface area contributed by atoms with E-state index in [1.165, 1.54) is 18.4 Å². The fraction of sp³-hybridized carbons (Fsp3) is 0.419. The van der Waals surface area contributed by atoms with Gasteiger partial charge in [-0.25, -0.2) is 0 Å². The molecule has 3 fully saturated rings. The molecular formula is C31H32N4O5. The molecule has 4 aliphatic rings. The highest BCUT2D eigenvalue weighted by Crippen LogP contribution is 2.43. The lowest BCUT2D eigenvalue weighted by molar-refractivity contribution is -0.149. The number of nitrogens with one attached hydrogen (secondary N) is 1. The van der Waals surface area contributed by atoms with Crippen molar-refractivity contribution in [1.82, 2.24) is 15.2 Å². The Morgan fingerprint density at radius 2 is 1.75 bits per heavy atom. The van der Waals surface area contributed by atoms with Crippen molar-refractivity contribution in [1.29, 1.82) is 0 Å². The molecule has 5 heterocycles. The molecule has 2 N–H and O–H groups in total. The third-order valence-corrected chi connectivity index (χ3v) is 9.09. The van der Waals surface area contributed by atoms with Crippen LogP contribution in [-0.2, 0) is 27.3 Å². The van der Waals surface area contributed by atoms with Gasteiger partial charge >= 0.3 is 0 Å². The number of piperidine rings is 2. The van der Waals surface area contributed by atoms with Crippen LogP contribution in [0.2, 0.25) is 0 Å². The number of pyridine rings is 1.